The maximum absolute atomic E-state index is 12.2. The molecule has 0 aliphatic carbocycles. The Labute approximate surface area is 174 Å². The molecular formula is C19H35N5O2S2. The summed E-state index contributed by atoms with van der Waals surface area (Å²) in [5, 5.41) is 10.0. The molecule has 1 aliphatic heterocycles. The number of aliphatic imine (C=N–C) groups is 1. The molecule has 0 bridgehead atoms. The van der Waals surface area contributed by atoms with Crippen molar-refractivity contribution in [2.75, 3.05) is 32.4 Å². The van der Waals surface area contributed by atoms with Crippen molar-refractivity contribution in [1.29, 1.82) is 0 Å². The Hall–Kier alpha value is -1.19. The highest BCUT2D eigenvalue weighted by molar-refractivity contribution is 7.89. The van der Waals surface area contributed by atoms with Gasteiger partial charge < -0.3 is 10.6 Å². The zero-order valence-corrected chi connectivity index (χ0v) is 19.4. The molecule has 7 nitrogen and oxygen atoms in total. The maximum Gasteiger partial charge on any atom is 0.214 e. The number of hydrogen-bond acceptors (Lipinski definition) is 5. The second kappa shape index (κ2) is 10.0. The predicted octanol–water partition coefficient (Wildman–Crippen LogP) is 2.35. The smallest absolute Gasteiger partial charge is 0.214 e. The van der Waals surface area contributed by atoms with Crippen molar-refractivity contribution in [3.05, 3.63) is 16.1 Å². The van der Waals surface area contributed by atoms with E-state index < -0.39 is 10.0 Å². The molecule has 0 amide bonds. The standard InChI is InChI=1S/C19H35N5O2S2/c1-6-13-28(25,26)24-11-8-15(9-12-24)22-18(20-5)21-10-7-17-23-16(14-27-17)19(2,3)4/h14-15H,6-13H2,1-5H3,(H2,20,21,22). The number of guanidine groups is 1. The van der Waals surface area contributed by atoms with Crippen molar-refractivity contribution in [2.45, 2.75) is 64.8 Å². The van der Waals surface area contributed by atoms with Gasteiger partial charge in [0.2, 0.25) is 10.0 Å². The van der Waals surface area contributed by atoms with Gasteiger partial charge in [-0.15, -0.1) is 11.3 Å². The lowest BCUT2D eigenvalue weighted by atomic mass is 9.93. The number of hydrogen-bond donors (Lipinski definition) is 2. The average Bonchev–Trinajstić information content (AvgIpc) is 3.10. The first-order chi connectivity index (χ1) is 13.2. The van der Waals surface area contributed by atoms with E-state index in [1.54, 1.807) is 22.7 Å². The Morgan fingerprint density at radius 1 is 1.36 bits per heavy atom. The van der Waals surface area contributed by atoms with Crippen LogP contribution in [0.1, 0.15) is 57.7 Å². The lowest BCUT2D eigenvalue weighted by molar-refractivity contribution is 0.306. The molecule has 28 heavy (non-hydrogen) atoms. The fourth-order valence-electron chi connectivity index (χ4n) is 3.11. The second-order valence-corrected chi connectivity index (χ2v) is 11.3. The van der Waals surface area contributed by atoms with Crippen molar-refractivity contribution >= 4 is 27.3 Å². The Morgan fingerprint density at radius 2 is 2.04 bits per heavy atom. The molecule has 1 aromatic heterocycles. The molecule has 2 heterocycles. The zero-order valence-electron chi connectivity index (χ0n) is 17.8. The van der Waals surface area contributed by atoms with E-state index >= 15 is 0 Å². The van der Waals surface area contributed by atoms with Crippen LogP contribution >= 0.6 is 11.3 Å². The van der Waals surface area contributed by atoms with Crippen LogP contribution in [0.2, 0.25) is 0 Å². The topological polar surface area (TPSA) is 86.7 Å². The Bertz CT molecular complexity index is 745. The molecule has 0 saturated carbocycles. The molecule has 1 fully saturated rings. The van der Waals surface area contributed by atoms with E-state index in [9.17, 15) is 8.42 Å². The van der Waals surface area contributed by atoms with Crippen LogP contribution in [0.5, 0.6) is 0 Å². The van der Waals surface area contributed by atoms with Crippen LogP contribution in [0.25, 0.3) is 0 Å². The van der Waals surface area contributed by atoms with Crippen molar-refractivity contribution < 1.29 is 8.42 Å². The molecule has 1 aliphatic rings. The van der Waals surface area contributed by atoms with E-state index in [2.05, 4.69) is 41.8 Å². The lowest BCUT2D eigenvalue weighted by Gasteiger charge is -2.32. The van der Waals surface area contributed by atoms with Gasteiger partial charge in [0.05, 0.1) is 16.5 Å². The quantitative estimate of drug-likeness (QED) is 0.513. The molecule has 0 aromatic carbocycles. The van der Waals surface area contributed by atoms with Crippen LogP contribution in [-0.4, -0.2) is 62.1 Å². The van der Waals surface area contributed by atoms with Gasteiger partial charge in [0.25, 0.3) is 0 Å². The molecule has 0 spiro atoms. The monoisotopic (exact) mass is 429 g/mol. The summed E-state index contributed by atoms with van der Waals surface area (Å²) in [5.74, 6) is 1.00. The number of thiazole rings is 1. The lowest BCUT2D eigenvalue weighted by Crippen LogP contribution is -2.50. The number of rotatable bonds is 7. The number of aromatic nitrogens is 1. The van der Waals surface area contributed by atoms with E-state index in [-0.39, 0.29) is 17.2 Å². The minimum Gasteiger partial charge on any atom is -0.356 e. The molecule has 2 N–H and O–H groups in total. The third-order valence-electron chi connectivity index (χ3n) is 4.83. The van der Waals surface area contributed by atoms with Gasteiger partial charge in [-0.2, -0.15) is 0 Å². The molecule has 1 saturated heterocycles. The van der Waals surface area contributed by atoms with Gasteiger partial charge in [-0.3, -0.25) is 4.99 Å². The molecule has 0 unspecified atom stereocenters. The maximum atomic E-state index is 12.2. The average molecular weight is 430 g/mol. The number of sulfonamides is 1. The number of piperidine rings is 1. The summed E-state index contributed by atoms with van der Waals surface area (Å²) in [5.41, 5.74) is 1.22. The van der Waals surface area contributed by atoms with E-state index in [0.29, 0.717) is 19.5 Å². The predicted molar refractivity (Wildman–Crippen MR) is 118 cm³/mol. The molecule has 160 valence electrons. The fourth-order valence-corrected chi connectivity index (χ4v) is 5.68. The third-order valence-corrected chi connectivity index (χ3v) is 7.81. The SMILES string of the molecule is CCCS(=O)(=O)N1CCC(NC(=NC)NCCc2nc(C(C)(C)C)cs2)CC1. The highest BCUT2D eigenvalue weighted by Crippen LogP contribution is 2.23. The minimum absolute atomic E-state index is 0.0826. The summed E-state index contributed by atoms with van der Waals surface area (Å²) in [4.78, 5) is 9.02. The summed E-state index contributed by atoms with van der Waals surface area (Å²) in [7, 11) is -1.33. The van der Waals surface area contributed by atoms with Gasteiger partial charge in [-0.05, 0) is 19.3 Å². The van der Waals surface area contributed by atoms with Crippen molar-refractivity contribution in [2.24, 2.45) is 4.99 Å². The van der Waals surface area contributed by atoms with Crippen LogP contribution in [0, 0.1) is 0 Å². The number of nitrogens with zero attached hydrogens (tertiary/aromatic N) is 3. The van der Waals surface area contributed by atoms with E-state index in [1.807, 2.05) is 6.92 Å². The van der Waals surface area contributed by atoms with Crippen LogP contribution in [0.4, 0.5) is 0 Å². The van der Waals surface area contributed by atoms with E-state index in [1.165, 1.54) is 0 Å². The van der Waals surface area contributed by atoms with Gasteiger partial charge in [0.1, 0.15) is 0 Å². The molecule has 2 rings (SSSR count). The molecule has 0 atom stereocenters. The summed E-state index contributed by atoms with van der Waals surface area (Å²) >= 11 is 1.70. The van der Waals surface area contributed by atoms with Crippen LogP contribution < -0.4 is 10.6 Å². The summed E-state index contributed by atoms with van der Waals surface area (Å²) in [6.45, 7) is 10.3. The molecule has 1 aromatic rings. The highest BCUT2D eigenvalue weighted by atomic mass is 32.2. The Morgan fingerprint density at radius 3 is 2.57 bits per heavy atom. The molecule has 9 heteroatoms. The zero-order chi connectivity index (χ0) is 20.8. The first-order valence-electron chi connectivity index (χ1n) is 10.1. The largest absolute Gasteiger partial charge is 0.356 e. The van der Waals surface area contributed by atoms with Crippen molar-refractivity contribution in [1.82, 2.24) is 19.9 Å². The first kappa shape index (κ1) is 23.1. The second-order valence-electron chi connectivity index (χ2n) is 8.26. The normalized spacial score (nSPS) is 17.7. The van der Waals surface area contributed by atoms with Gasteiger partial charge in [0, 0.05) is 49.9 Å². The van der Waals surface area contributed by atoms with E-state index in [4.69, 9.17) is 4.98 Å². The first-order valence-corrected chi connectivity index (χ1v) is 12.5. The van der Waals surface area contributed by atoms with Crippen LogP contribution in [0.15, 0.2) is 10.4 Å². The van der Waals surface area contributed by atoms with Crippen molar-refractivity contribution in [3.63, 3.8) is 0 Å². The van der Waals surface area contributed by atoms with Crippen molar-refractivity contribution in [3.8, 4) is 0 Å². The summed E-state index contributed by atoms with van der Waals surface area (Å²) in [6, 6.07) is 0.242. The Kier molecular flexibility index (Phi) is 8.27. The fraction of sp³-hybridized carbons (Fsp3) is 0.789. The summed E-state index contributed by atoms with van der Waals surface area (Å²) < 4.78 is 26.0. The van der Waals surface area contributed by atoms with Gasteiger partial charge in [0.15, 0.2) is 5.96 Å². The van der Waals surface area contributed by atoms with Crippen LogP contribution in [-0.2, 0) is 21.9 Å². The Balaban J connectivity index is 1.76. The molecular weight excluding hydrogens is 394 g/mol. The van der Waals surface area contributed by atoms with Gasteiger partial charge >= 0.3 is 0 Å². The summed E-state index contributed by atoms with van der Waals surface area (Å²) in [6.07, 6.45) is 3.11. The number of nitrogens with one attached hydrogen (secondary N) is 2. The minimum atomic E-state index is -3.09. The third kappa shape index (κ3) is 6.70. The van der Waals surface area contributed by atoms with Crippen LogP contribution in [0.3, 0.4) is 0 Å². The molecule has 0 radical (unpaired) electrons. The van der Waals surface area contributed by atoms with Gasteiger partial charge in [-0.1, -0.05) is 27.7 Å². The van der Waals surface area contributed by atoms with E-state index in [0.717, 1.165) is 42.5 Å². The highest BCUT2D eigenvalue weighted by Gasteiger charge is 2.27. The van der Waals surface area contributed by atoms with Gasteiger partial charge in [-0.25, -0.2) is 17.7 Å².